The Kier molecular flexibility index (Phi) is 5.49. The quantitative estimate of drug-likeness (QED) is 0.451. The molecule has 3 heterocycles. The summed E-state index contributed by atoms with van der Waals surface area (Å²) in [5, 5.41) is 5.73. The van der Waals surface area contributed by atoms with Gasteiger partial charge in [-0.3, -0.25) is 19.1 Å². The molecule has 3 aromatic carbocycles. The maximum atomic E-state index is 13.1. The molecule has 0 saturated carbocycles. The number of rotatable bonds is 4. The van der Waals surface area contributed by atoms with Crippen LogP contribution in [0.15, 0.2) is 89.9 Å². The number of halogens is 1. The lowest BCUT2D eigenvalue weighted by atomic mass is 10.0. The van der Waals surface area contributed by atoms with E-state index in [1.54, 1.807) is 33.9 Å². The number of pyridine rings is 1. The van der Waals surface area contributed by atoms with Gasteiger partial charge in [-0.15, -0.1) is 0 Å². The number of hydrogen-bond acceptors (Lipinski definition) is 3. The van der Waals surface area contributed by atoms with Crippen LogP contribution >= 0.6 is 11.6 Å². The van der Waals surface area contributed by atoms with Crippen molar-refractivity contribution in [1.82, 2.24) is 14.8 Å². The van der Waals surface area contributed by atoms with Crippen molar-refractivity contribution in [1.29, 1.82) is 0 Å². The molecule has 0 aliphatic carbocycles. The first-order valence-corrected chi connectivity index (χ1v) is 12.2. The topological polar surface area (TPSA) is 74.7 Å². The predicted molar refractivity (Wildman–Crippen MR) is 140 cm³/mol. The van der Waals surface area contributed by atoms with Crippen LogP contribution < -0.4 is 15.8 Å². The second-order valence-corrected chi connectivity index (χ2v) is 9.59. The van der Waals surface area contributed by atoms with Gasteiger partial charge in [-0.25, -0.2) is 4.79 Å². The fourth-order valence-corrected chi connectivity index (χ4v) is 5.35. The lowest BCUT2D eigenvalue weighted by molar-refractivity contribution is 0.0931. The third-order valence-electron chi connectivity index (χ3n) is 7.04. The Hall–Kier alpha value is -4.10. The van der Waals surface area contributed by atoms with Crippen LogP contribution in [0.4, 0.5) is 10.5 Å². The molecule has 6 rings (SSSR count). The third-order valence-corrected chi connectivity index (χ3v) is 7.27. The van der Waals surface area contributed by atoms with Crippen molar-refractivity contribution in [2.45, 2.75) is 18.5 Å². The van der Waals surface area contributed by atoms with Gasteiger partial charge in [0.25, 0.3) is 11.5 Å². The number of anilines is 1. The number of benzene rings is 3. The van der Waals surface area contributed by atoms with Gasteiger partial charge < -0.3 is 10.2 Å². The molecular weight excluding hydrogens is 476 g/mol. The zero-order valence-corrected chi connectivity index (χ0v) is 20.1. The molecule has 1 aromatic heterocycles. The standard InChI is InChI=1S/C28H23ClN4O3/c29-21-7-6-18-15-20(5-4-19(18)16-21)27(35)30-24-12-14-32-25(24)17-33(28(32)36)23-10-8-22(9-11-23)31-13-2-1-3-26(31)34/h1-11,13,15-16,24-25H,12,14,17H2,(H,30,35)/t24-,25?/m1/s1. The summed E-state index contributed by atoms with van der Waals surface area (Å²) in [5.41, 5.74) is 1.97. The molecule has 4 aromatic rings. The minimum Gasteiger partial charge on any atom is -0.347 e. The Morgan fingerprint density at radius 2 is 1.64 bits per heavy atom. The number of urea groups is 1. The maximum absolute atomic E-state index is 13.1. The third kappa shape index (κ3) is 3.91. The summed E-state index contributed by atoms with van der Waals surface area (Å²) in [6.45, 7) is 1.09. The van der Waals surface area contributed by atoms with Crippen LogP contribution in [-0.4, -0.2) is 46.6 Å². The van der Waals surface area contributed by atoms with Gasteiger partial charge in [0.05, 0.1) is 18.6 Å². The summed E-state index contributed by atoms with van der Waals surface area (Å²) in [5.74, 6) is -0.151. The van der Waals surface area contributed by atoms with Crippen LogP contribution in [0.2, 0.25) is 5.02 Å². The molecule has 0 spiro atoms. The minimum absolute atomic E-state index is 0.0658. The van der Waals surface area contributed by atoms with Crippen LogP contribution in [0.1, 0.15) is 16.8 Å². The van der Waals surface area contributed by atoms with E-state index in [4.69, 9.17) is 11.6 Å². The molecule has 7 nitrogen and oxygen atoms in total. The summed E-state index contributed by atoms with van der Waals surface area (Å²) in [6, 6.07) is 23.2. The molecule has 2 atom stereocenters. The van der Waals surface area contributed by atoms with Crippen molar-refractivity contribution in [2.75, 3.05) is 18.0 Å². The number of carbonyl (C=O) groups excluding carboxylic acids is 2. The lowest BCUT2D eigenvalue weighted by Crippen LogP contribution is -2.44. The number of amides is 3. The highest BCUT2D eigenvalue weighted by Crippen LogP contribution is 2.31. The summed E-state index contributed by atoms with van der Waals surface area (Å²) in [6.07, 6.45) is 2.43. The number of carbonyl (C=O) groups is 2. The van der Waals surface area contributed by atoms with E-state index in [2.05, 4.69) is 5.32 Å². The normalized spacial score (nSPS) is 19.1. The summed E-state index contributed by atoms with van der Waals surface area (Å²) in [4.78, 5) is 41.9. The van der Waals surface area contributed by atoms with Crippen molar-refractivity contribution in [2.24, 2.45) is 0 Å². The van der Waals surface area contributed by atoms with E-state index in [1.807, 2.05) is 59.5 Å². The number of fused-ring (bicyclic) bond motifs is 2. The lowest BCUT2D eigenvalue weighted by Gasteiger charge is -2.20. The van der Waals surface area contributed by atoms with E-state index in [-0.39, 0.29) is 29.6 Å². The van der Waals surface area contributed by atoms with Gasteiger partial charge in [0.2, 0.25) is 0 Å². The summed E-state index contributed by atoms with van der Waals surface area (Å²) in [7, 11) is 0. The Bertz CT molecular complexity index is 1550. The highest BCUT2D eigenvalue weighted by molar-refractivity contribution is 6.31. The monoisotopic (exact) mass is 498 g/mol. The van der Waals surface area contributed by atoms with Gasteiger partial charge in [-0.05, 0) is 71.8 Å². The molecule has 0 radical (unpaired) electrons. The molecule has 8 heteroatoms. The fourth-order valence-electron chi connectivity index (χ4n) is 5.16. The molecule has 2 fully saturated rings. The molecule has 2 aliphatic heterocycles. The highest BCUT2D eigenvalue weighted by atomic mass is 35.5. The smallest absolute Gasteiger partial charge is 0.324 e. The number of hydrogen-bond donors (Lipinski definition) is 1. The first kappa shape index (κ1) is 22.4. The van der Waals surface area contributed by atoms with Crippen molar-refractivity contribution in [3.63, 3.8) is 0 Å². The van der Waals surface area contributed by atoms with Crippen molar-refractivity contribution in [3.8, 4) is 5.69 Å². The Morgan fingerprint density at radius 1 is 0.889 bits per heavy atom. The number of aromatic nitrogens is 1. The van der Waals surface area contributed by atoms with Gasteiger partial charge >= 0.3 is 6.03 Å². The van der Waals surface area contributed by atoms with Crippen molar-refractivity contribution in [3.05, 3.63) is 106 Å². The van der Waals surface area contributed by atoms with Gasteiger partial charge in [-0.2, -0.15) is 0 Å². The van der Waals surface area contributed by atoms with E-state index < -0.39 is 0 Å². The first-order valence-electron chi connectivity index (χ1n) is 11.8. The number of nitrogens with zero attached hydrogens (tertiary/aromatic N) is 3. The van der Waals surface area contributed by atoms with Crippen LogP contribution in [0.3, 0.4) is 0 Å². The molecule has 2 saturated heterocycles. The minimum atomic E-state index is -0.151. The zero-order valence-electron chi connectivity index (χ0n) is 19.3. The van der Waals surface area contributed by atoms with Crippen LogP contribution in [0, 0.1) is 0 Å². The highest BCUT2D eigenvalue weighted by Gasteiger charge is 2.46. The van der Waals surface area contributed by atoms with Crippen LogP contribution in [0.5, 0.6) is 0 Å². The molecule has 180 valence electrons. The van der Waals surface area contributed by atoms with E-state index in [0.717, 1.165) is 28.6 Å². The second-order valence-electron chi connectivity index (χ2n) is 9.15. The summed E-state index contributed by atoms with van der Waals surface area (Å²) >= 11 is 6.07. The van der Waals surface area contributed by atoms with Crippen molar-refractivity contribution < 1.29 is 9.59 Å². The Morgan fingerprint density at radius 3 is 2.44 bits per heavy atom. The van der Waals surface area contributed by atoms with E-state index in [1.165, 1.54) is 6.07 Å². The Balaban J connectivity index is 1.17. The molecule has 0 bridgehead atoms. The Labute approximate surface area is 212 Å². The van der Waals surface area contributed by atoms with E-state index in [0.29, 0.717) is 23.7 Å². The second kappa shape index (κ2) is 8.84. The maximum Gasteiger partial charge on any atom is 0.324 e. The predicted octanol–water partition coefficient (Wildman–Crippen LogP) is 4.46. The molecular formula is C28H23ClN4O3. The average molecular weight is 499 g/mol. The molecule has 1 unspecified atom stereocenters. The average Bonchev–Trinajstić information content (AvgIpc) is 3.44. The van der Waals surface area contributed by atoms with Crippen LogP contribution in [-0.2, 0) is 0 Å². The van der Waals surface area contributed by atoms with Crippen molar-refractivity contribution >= 4 is 40.0 Å². The zero-order chi connectivity index (χ0) is 24.8. The molecule has 1 N–H and O–H groups in total. The fraction of sp³-hybridized carbons (Fsp3) is 0.179. The van der Waals surface area contributed by atoms with Crippen LogP contribution in [0.25, 0.3) is 16.5 Å². The van der Waals surface area contributed by atoms with E-state index in [9.17, 15) is 14.4 Å². The first-order chi connectivity index (χ1) is 17.5. The largest absolute Gasteiger partial charge is 0.347 e. The SMILES string of the molecule is O=C(N[C@@H]1CCN2C(=O)N(c3ccc(-n4ccccc4=O)cc3)CC12)c1ccc2cc(Cl)ccc2c1. The molecule has 3 amide bonds. The summed E-state index contributed by atoms with van der Waals surface area (Å²) < 4.78 is 1.56. The number of nitrogens with one attached hydrogen (secondary N) is 1. The van der Waals surface area contributed by atoms with E-state index >= 15 is 0 Å². The van der Waals surface area contributed by atoms with Gasteiger partial charge in [-0.1, -0.05) is 29.8 Å². The molecule has 36 heavy (non-hydrogen) atoms. The van der Waals surface area contributed by atoms with Gasteiger partial charge in [0.15, 0.2) is 0 Å². The van der Waals surface area contributed by atoms with Gasteiger partial charge in [0.1, 0.15) is 0 Å². The van der Waals surface area contributed by atoms with Gasteiger partial charge in [0, 0.05) is 40.8 Å². The molecule has 2 aliphatic rings.